The van der Waals surface area contributed by atoms with Gasteiger partial charge < -0.3 is 19.9 Å². The van der Waals surface area contributed by atoms with Gasteiger partial charge in [0, 0.05) is 24.8 Å². The van der Waals surface area contributed by atoms with Gasteiger partial charge in [-0.1, -0.05) is 54.1 Å². The Balaban J connectivity index is 1.57. The summed E-state index contributed by atoms with van der Waals surface area (Å²) in [6.07, 6.45) is 1.15. The third kappa shape index (κ3) is 6.46. The summed E-state index contributed by atoms with van der Waals surface area (Å²) in [5.41, 5.74) is 2.88. The number of halogens is 1. The van der Waals surface area contributed by atoms with Crippen molar-refractivity contribution in [3.8, 4) is 11.5 Å². The van der Waals surface area contributed by atoms with Crippen molar-refractivity contribution >= 4 is 11.6 Å². The van der Waals surface area contributed by atoms with Gasteiger partial charge in [-0.25, -0.2) is 4.98 Å². The number of benzene rings is 2. The van der Waals surface area contributed by atoms with Gasteiger partial charge in [0.25, 0.3) is 0 Å². The van der Waals surface area contributed by atoms with Crippen LogP contribution in [-0.4, -0.2) is 23.2 Å². The third-order valence-electron chi connectivity index (χ3n) is 4.34. The van der Waals surface area contributed by atoms with Crippen molar-refractivity contribution in [1.29, 1.82) is 0 Å². The monoisotopic (exact) mass is 412 g/mol. The van der Waals surface area contributed by atoms with Gasteiger partial charge in [0.2, 0.25) is 0 Å². The Hall–Kier alpha value is -2.60. The molecule has 3 aromatic rings. The first-order valence-electron chi connectivity index (χ1n) is 9.58. The number of rotatable bonds is 10. The van der Waals surface area contributed by atoms with Gasteiger partial charge in [-0.2, -0.15) is 0 Å². The van der Waals surface area contributed by atoms with Gasteiger partial charge in [0.1, 0.15) is 11.8 Å². The summed E-state index contributed by atoms with van der Waals surface area (Å²) in [6.45, 7) is 3.95. The fourth-order valence-corrected chi connectivity index (χ4v) is 2.96. The van der Waals surface area contributed by atoms with Crippen LogP contribution < -0.4 is 14.8 Å². The first-order valence-corrected chi connectivity index (χ1v) is 9.96. The molecule has 0 aliphatic carbocycles. The number of aliphatic hydroxyl groups is 1. The molecule has 0 aliphatic rings. The fraction of sp³-hybridized carbons (Fsp3) is 0.261. The minimum absolute atomic E-state index is 0.380. The zero-order valence-electron chi connectivity index (χ0n) is 16.3. The van der Waals surface area contributed by atoms with E-state index in [4.69, 9.17) is 21.1 Å². The van der Waals surface area contributed by atoms with Crippen molar-refractivity contribution in [2.75, 3.05) is 13.2 Å². The van der Waals surface area contributed by atoms with E-state index in [1.165, 1.54) is 0 Å². The summed E-state index contributed by atoms with van der Waals surface area (Å²) in [6, 6.07) is 19.1. The van der Waals surface area contributed by atoms with Crippen LogP contribution in [0.1, 0.15) is 29.7 Å². The number of nitrogens with zero attached hydrogens (tertiary/aromatic N) is 1. The number of hydrogen-bond donors (Lipinski definition) is 2. The van der Waals surface area contributed by atoms with E-state index in [2.05, 4.69) is 10.3 Å². The highest BCUT2D eigenvalue weighted by Gasteiger charge is 2.09. The van der Waals surface area contributed by atoms with Gasteiger partial charge in [0.05, 0.1) is 12.7 Å². The van der Waals surface area contributed by atoms with Crippen LogP contribution in [0.4, 0.5) is 0 Å². The number of pyridine rings is 1. The van der Waals surface area contributed by atoms with E-state index >= 15 is 0 Å². The van der Waals surface area contributed by atoms with Crippen molar-refractivity contribution in [2.24, 2.45) is 0 Å². The Kier molecular flexibility index (Phi) is 7.87. The van der Waals surface area contributed by atoms with Gasteiger partial charge in [0.15, 0.2) is 11.5 Å². The second kappa shape index (κ2) is 10.8. The molecule has 0 radical (unpaired) electrons. The van der Waals surface area contributed by atoms with E-state index < -0.39 is 6.10 Å². The minimum Gasteiger partial charge on any atom is -0.490 e. The maximum atomic E-state index is 10.3. The number of nitrogens with one attached hydrogen (secondary N) is 1. The molecule has 29 heavy (non-hydrogen) atoms. The second-order valence-electron chi connectivity index (χ2n) is 6.55. The third-order valence-corrected chi connectivity index (χ3v) is 4.57. The average Bonchev–Trinajstić information content (AvgIpc) is 2.75. The number of ether oxygens (including phenoxy) is 2. The maximum absolute atomic E-state index is 10.3. The molecule has 0 saturated heterocycles. The highest BCUT2D eigenvalue weighted by Crippen LogP contribution is 2.29. The second-order valence-corrected chi connectivity index (χ2v) is 6.94. The van der Waals surface area contributed by atoms with E-state index in [1.807, 2.05) is 61.5 Å². The number of aliphatic hydroxyl groups excluding tert-OH is 1. The molecule has 1 heterocycles. The molecule has 1 unspecified atom stereocenters. The van der Waals surface area contributed by atoms with Crippen molar-refractivity contribution < 1.29 is 14.6 Å². The van der Waals surface area contributed by atoms with Crippen LogP contribution in [0.15, 0.2) is 66.9 Å². The molecule has 0 amide bonds. The Morgan fingerprint density at radius 1 is 1.00 bits per heavy atom. The number of aromatic nitrogens is 1. The fourth-order valence-electron chi connectivity index (χ4n) is 2.85. The summed E-state index contributed by atoms with van der Waals surface area (Å²) in [7, 11) is 0. The molecule has 3 rings (SSSR count). The lowest BCUT2D eigenvalue weighted by Crippen LogP contribution is -2.21. The van der Waals surface area contributed by atoms with Crippen LogP contribution in [-0.2, 0) is 13.2 Å². The average molecular weight is 413 g/mol. The Bertz CT molecular complexity index is 888. The van der Waals surface area contributed by atoms with Gasteiger partial charge in [-0.05, 0) is 36.2 Å². The van der Waals surface area contributed by atoms with E-state index in [0.717, 1.165) is 16.7 Å². The number of hydrogen-bond acceptors (Lipinski definition) is 5. The van der Waals surface area contributed by atoms with Crippen LogP contribution in [0.5, 0.6) is 11.5 Å². The molecule has 0 bridgehead atoms. The van der Waals surface area contributed by atoms with E-state index in [0.29, 0.717) is 43.0 Å². The van der Waals surface area contributed by atoms with Gasteiger partial charge >= 0.3 is 0 Å². The SMILES string of the molecule is CCOc1cc(CNCC(O)c2ccccc2)ccc1OCc1ccc(Cl)nc1. The molecule has 5 nitrogen and oxygen atoms in total. The molecule has 1 aromatic heterocycles. The molecule has 2 aromatic carbocycles. The van der Waals surface area contributed by atoms with Crippen LogP contribution in [0, 0.1) is 0 Å². The molecule has 0 fully saturated rings. The highest BCUT2D eigenvalue weighted by molar-refractivity contribution is 6.29. The molecule has 152 valence electrons. The predicted octanol–water partition coefficient (Wildman–Crippen LogP) is 4.54. The summed E-state index contributed by atoms with van der Waals surface area (Å²) in [5.74, 6) is 1.37. The molecular weight excluding hydrogens is 388 g/mol. The summed E-state index contributed by atoms with van der Waals surface area (Å²) < 4.78 is 11.6. The first-order chi connectivity index (χ1) is 14.2. The zero-order valence-corrected chi connectivity index (χ0v) is 17.1. The standard InChI is InChI=1S/C23H25ClN2O3/c1-2-28-22-12-17(13-25-15-20(27)19-6-4-3-5-7-19)8-10-21(22)29-16-18-9-11-23(24)26-14-18/h3-12,14,20,25,27H,2,13,15-16H2,1H3. The summed E-state index contributed by atoms with van der Waals surface area (Å²) >= 11 is 5.82. The van der Waals surface area contributed by atoms with Crippen molar-refractivity contribution in [3.05, 3.63) is 88.7 Å². The van der Waals surface area contributed by atoms with Crippen molar-refractivity contribution in [3.63, 3.8) is 0 Å². The van der Waals surface area contributed by atoms with Crippen LogP contribution >= 0.6 is 11.6 Å². The highest BCUT2D eigenvalue weighted by atomic mass is 35.5. The quantitative estimate of drug-likeness (QED) is 0.479. The lowest BCUT2D eigenvalue weighted by Gasteiger charge is -2.15. The largest absolute Gasteiger partial charge is 0.490 e. The van der Waals surface area contributed by atoms with Crippen LogP contribution in [0.2, 0.25) is 5.15 Å². The molecule has 0 saturated carbocycles. The molecule has 2 N–H and O–H groups in total. The summed E-state index contributed by atoms with van der Waals surface area (Å²) in [4.78, 5) is 4.06. The molecule has 0 spiro atoms. The van der Waals surface area contributed by atoms with Gasteiger partial charge in [-0.15, -0.1) is 0 Å². The lowest BCUT2D eigenvalue weighted by atomic mass is 10.1. The Morgan fingerprint density at radius 2 is 1.79 bits per heavy atom. The molecule has 0 aliphatic heterocycles. The zero-order chi connectivity index (χ0) is 20.5. The molecule has 1 atom stereocenters. The van der Waals surface area contributed by atoms with Crippen molar-refractivity contribution in [2.45, 2.75) is 26.2 Å². The van der Waals surface area contributed by atoms with Gasteiger partial charge in [-0.3, -0.25) is 0 Å². The van der Waals surface area contributed by atoms with Crippen molar-refractivity contribution in [1.82, 2.24) is 10.3 Å². The van der Waals surface area contributed by atoms with E-state index in [-0.39, 0.29) is 0 Å². The first kappa shape index (κ1) is 21.1. The minimum atomic E-state index is -0.543. The molecular formula is C23H25ClN2O3. The van der Waals surface area contributed by atoms with E-state index in [9.17, 15) is 5.11 Å². The Morgan fingerprint density at radius 3 is 2.52 bits per heavy atom. The smallest absolute Gasteiger partial charge is 0.161 e. The van der Waals surface area contributed by atoms with Crippen LogP contribution in [0.25, 0.3) is 0 Å². The topological polar surface area (TPSA) is 63.6 Å². The van der Waals surface area contributed by atoms with E-state index in [1.54, 1.807) is 12.3 Å². The molecule has 6 heteroatoms. The lowest BCUT2D eigenvalue weighted by molar-refractivity contribution is 0.174. The normalized spacial score (nSPS) is 11.8. The predicted molar refractivity (Wildman–Crippen MR) is 114 cm³/mol. The summed E-state index contributed by atoms with van der Waals surface area (Å²) in [5, 5.41) is 14.0. The Labute approximate surface area is 176 Å². The van der Waals surface area contributed by atoms with Crippen LogP contribution in [0.3, 0.4) is 0 Å². The maximum Gasteiger partial charge on any atom is 0.161 e.